The van der Waals surface area contributed by atoms with Gasteiger partial charge in [-0.1, -0.05) is 0 Å². The van der Waals surface area contributed by atoms with E-state index in [1.54, 1.807) is 24.0 Å². The largest absolute Gasteiger partial charge is 0.330 e. The third-order valence-corrected chi connectivity index (χ3v) is 1.46. The molecule has 1 rings (SSSR count). The molecule has 0 radical (unpaired) electrons. The van der Waals surface area contributed by atoms with Gasteiger partial charge in [0.1, 0.15) is 5.82 Å². The summed E-state index contributed by atoms with van der Waals surface area (Å²) >= 11 is 0. The zero-order valence-electron chi connectivity index (χ0n) is 6.95. The smallest absolute Gasteiger partial charge is 0.226 e. The molecule has 1 aromatic rings. The highest BCUT2D eigenvalue weighted by Gasteiger charge is 2.02. The van der Waals surface area contributed by atoms with Crippen LogP contribution >= 0.6 is 0 Å². The average molecular weight is 168 g/mol. The summed E-state index contributed by atoms with van der Waals surface area (Å²) in [5.41, 5.74) is 5.21. The van der Waals surface area contributed by atoms with Crippen molar-refractivity contribution in [3.63, 3.8) is 0 Å². The maximum Gasteiger partial charge on any atom is 0.226 e. The number of carbonyl (C=O) groups excluding carboxylic acids is 1. The second-order valence-electron chi connectivity index (χ2n) is 2.43. The van der Waals surface area contributed by atoms with E-state index >= 15 is 0 Å². The maximum absolute atomic E-state index is 11.0. The molecular formula is C7H12N4O. The number of nitrogens with one attached hydrogen (secondary N) is 1. The first-order valence-electron chi connectivity index (χ1n) is 3.72. The molecule has 0 fully saturated rings. The Bertz CT molecular complexity index is 268. The Hall–Kier alpha value is -1.36. The Balaban J connectivity index is 2.52. The standard InChI is InChI=1S/C7H12N4O/c1-11-6(3-5-9-11)10-7(12)2-4-8/h3,5H,2,4,8H2,1H3,(H,10,12). The van der Waals surface area contributed by atoms with E-state index in [2.05, 4.69) is 10.4 Å². The highest BCUT2D eigenvalue weighted by Crippen LogP contribution is 2.02. The van der Waals surface area contributed by atoms with Gasteiger partial charge in [0.2, 0.25) is 5.91 Å². The van der Waals surface area contributed by atoms with E-state index in [-0.39, 0.29) is 5.91 Å². The second-order valence-corrected chi connectivity index (χ2v) is 2.43. The lowest BCUT2D eigenvalue weighted by Crippen LogP contribution is -2.17. The van der Waals surface area contributed by atoms with Gasteiger partial charge in [0.05, 0.1) is 6.20 Å². The van der Waals surface area contributed by atoms with E-state index in [1.165, 1.54) is 0 Å². The number of hydrogen-bond donors (Lipinski definition) is 2. The van der Waals surface area contributed by atoms with E-state index in [9.17, 15) is 4.79 Å². The van der Waals surface area contributed by atoms with Crippen molar-refractivity contribution in [1.82, 2.24) is 9.78 Å². The molecule has 0 aliphatic carbocycles. The summed E-state index contributed by atoms with van der Waals surface area (Å²) in [5.74, 6) is 0.606. The number of hydrogen-bond acceptors (Lipinski definition) is 3. The van der Waals surface area contributed by atoms with Crippen LogP contribution in [0.25, 0.3) is 0 Å². The van der Waals surface area contributed by atoms with Crippen LogP contribution in [0.5, 0.6) is 0 Å². The summed E-state index contributed by atoms with van der Waals surface area (Å²) < 4.78 is 1.59. The molecule has 0 saturated heterocycles. The summed E-state index contributed by atoms with van der Waals surface area (Å²) in [6, 6.07) is 1.73. The topological polar surface area (TPSA) is 72.9 Å². The van der Waals surface area contributed by atoms with E-state index in [4.69, 9.17) is 5.73 Å². The van der Waals surface area contributed by atoms with Crippen molar-refractivity contribution in [2.45, 2.75) is 6.42 Å². The molecule has 0 bridgehead atoms. The van der Waals surface area contributed by atoms with Crippen LogP contribution in [0.4, 0.5) is 5.82 Å². The number of aryl methyl sites for hydroxylation is 1. The van der Waals surface area contributed by atoms with Gasteiger partial charge in [0.25, 0.3) is 0 Å². The molecule has 0 aromatic carbocycles. The Morgan fingerprint density at radius 1 is 1.83 bits per heavy atom. The SMILES string of the molecule is Cn1nccc1NC(=O)CCN. The molecule has 1 amide bonds. The second kappa shape index (κ2) is 3.87. The summed E-state index contributed by atoms with van der Waals surface area (Å²) in [6.07, 6.45) is 1.96. The number of nitrogens with two attached hydrogens (primary N) is 1. The third-order valence-electron chi connectivity index (χ3n) is 1.46. The van der Waals surface area contributed by atoms with E-state index < -0.39 is 0 Å². The van der Waals surface area contributed by atoms with Gasteiger partial charge < -0.3 is 11.1 Å². The molecule has 5 nitrogen and oxygen atoms in total. The minimum absolute atomic E-state index is 0.0823. The molecule has 0 atom stereocenters. The quantitative estimate of drug-likeness (QED) is 0.651. The van der Waals surface area contributed by atoms with Crippen LogP contribution in [0.2, 0.25) is 0 Å². The average Bonchev–Trinajstić information content (AvgIpc) is 2.37. The molecule has 0 aliphatic heterocycles. The predicted octanol–water partition coefficient (Wildman–Crippen LogP) is -0.293. The van der Waals surface area contributed by atoms with Gasteiger partial charge in [0, 0.05) is 26.1 Å². The maximum atomic E-state index is 11.0. The first-order valence-corrected chi connectivity index (χ1v) is 3.72. The van der Waals surface area contributed by atoms with Crippen LogP contribution in [0, 0.1) is 0 Å². The van der Waals surface area contributed by atoms with Crippen LogP contribution in [-0.4, -0.2) is 22.2 Å². The Labute approximate surface area is 70.5 Å². The normalized spacial score (nSPS) is 9.83. The van der Waals surface area contributed by atoms with Crippen molar-refractivity contribution in [1.29, 1.82) is 0 Å². The number of aromatic nitrogens is 2. The zero-order valence-corrected chi connectivity index (χ0v) is 6.95. The van der Waals surface area contributed by atoms with Gasteiger partial charge in [-0.15, -0.1) is 0 Å². The van der Waals surface area contributed by atoms with Gasteiger partial charge in [-0.3, -0.25) is 9.48 Å². The lowest BCUT2D eigenvalue weighted by molar-refractivity contribution is -0.116. The van der Waals surface area contributed by atoms with Crippen molar-refractivity contribution in [3.8, 4) is 0 Å². The van der Waals surface area contributed by atoms with Crippen LogP contribution < -0.4 is 11.1 Å². The summed E-state index contributed by atoms with van der Waals surface area (Å²) in [5, 5.41) is 6.57. The molecule has 0 saturated carbocycles. The minimum atomic E-state index is -0.0823. The fourth-order valence-electron chi connectivity index (χ4n) is 0.833. The van der Waals surface area contributed by atoms with Crippen LogP contribution in [0.1, 0.15) is 6.42 Å². The van der Waals surface area contributed by atoms with Crippen molar-refractivity contribution < 1.29 is 4.79 Å². The van der Waals surface area contributed by atoms with Crippen molar-refractivity contribution >= 4 is 11.7 Å². The van der Waals surface area contributed by atoms with E-state index in [0.717, 1.165) is 0 Å². The van der Waals surface area contributed by atoms with Gasteiger partial charge in [-0.2, -0.15) is 5.10 Å². The summed E-state index contributed by atoms with van der Waals surface area (Å²) in [6.45, 7) is 0.365. The molecule has 5 heteroatoms. The van der Waals surface area contributed by atoms with Crippen molar-refractivity contribution in [2.24, 2.45) is 12.8 Å². The monoisotopic (exact) mass is 168 g/mol. The highest BCUT2D eigenvalue weighted by atomic mass is 16.1. The lowest BCUT2D eigenvalue weighted by atomic mass is 10.4. The zero-order chi connectivity index (χ0) is 8.97. The first kappa shape index (κ1) is 8.73. The van der Waals surface area contributed by atoms with Gasteiger partial charge in [-0.05, 0) is 0 Å². The molecule has 0 aliphatic rings. The Morgan fingerprint density at radius 2 is 2.58 bits per heavy atom. The number of carbonyl (C=O) groups is 1. The van der Waals surface area contributed by atoms with Crippen LogP contribution in [0.3, 0.4) is 0 Å². The van der Waals surface area contributed by atoms with Crippen molar-refractivity contribution in [2.75, 3.05) is 11.9 Å². The fourth-order valence-corrected chi connectivity index (χ4v) is 0.833. The van der Waals surface area contributed by atoms with Crippen LogP contribution in [-0.2, 0) is 11.8 Å². The number of nitrogens with zero attached hydrogens (tertiary/aromatic N) is 2. The third kappa shape index (κ3) is 2.06. The van der Waals surface area contributed by atoms with E-state index in [1.807, 2.05) is 0 Å². The number of anilines is 1. The van der Waals surface area contributed by atoms with Crippen molar-refractivity contribution in [3.05, 3.63) is 12.3 Å². The molecule has 66 valence electrons. The number of rotatable bonds is 3. The van der Waals surface area contributed by atoms with Gasteiger partial charge >= 0.3 is 0 Å². The number of amides is 1. The Morgan fingerprint density at radius 3 is 3.08 bits per heavy atom. The lowest BCUT2D eigenvalue weighted by Gasteiger charge is -2.02. The highest BCUT2D eigenvalue weighted by molar-refractivity contribution is 5.89. The molecular weight excluding hydrogens is 156 g/mol. The molecule has 0 unspecified atom stereocenters. The molecule has 1 heterocycles. The van der Waals surface area contributed by atoms with Crippen LogP contribution in [0.15, 0.2) is 12.3 Å². The van der Waals surface area contributed by atoms with E-state index in [0.29, 0.717) is 18.8 Å². The first-order chi connectivity index (χ1) is 5.74. The summed E-state index contributed by atoms with van der Waals surface area (Å²) in [7, 11) is 1.76. The molecule has 1 aromatic heterocycles. The minimum Gasteiger partial charge on any atom is -0.330 e. The van der Waals surface area contributed by atoms with Gasteiger partial charge in [-0.25, -0.2) is 0 Å². The molecule has 3 N–H and O–H groups in total. The molecule has 0 spiro atoms. The summed E-state index contributed by atoms with van der Waals surface area (Å²) in [4.78, 5) is 11.0. The predicted molar refractivity (Wildman–Crippen MR) is 45.5 cm³/mol. The Kier molecular flexibility index (Phi) is 2.82. The molecule has 12 heavy (non-hydrogen) atoms. The fraction of sp³-hybridized carbons (Fsp3) is 0.429. The van der Waals surface area contributed by atoms with Gasteiger partial charge in [0.15, 0.2) is 0 Å².